The molecule has 3 rings (SSSR count). The van der Waals surface area contributed by atoms with E-state index < -0.39 is 17.8 Å². The smallest absolute Gasteiger partial charge is 0.335 e. The monoisotopic (exact) mass is 444 g/mol. The highest BCUT2D eigenvalue weighted by Crippen LogP contribution is 2.23. The molecule has 33 heavy (non-hydrogen) atoms. The van der Waals surface area contributed by atoms with Gasteiger partial charge >= 0.3 is 17.8 Å². The second-order valence-electron chi connectivity index (χ2n) is 7.41. The minimum absolute atomic E-state index is 0.0638. The minimum atomic E-state index is -1.09. The molecular formula is C25H24N4O4. The zero-order valence-electron chi connectivity index (χ0n) is 18.3. The van der Waals surface area contributed by atoms with E-state index >= 15 is 0 Å². The summed E-state index contributed by atoms with van der Waals surface area (Å²) in [7, 11) is 0. The summed E-state index contributed by atoms with van der Waals surface area (Å²) in [4.78, 5) is 35.5. The Bertz CT molecular complexity index is 1200. The topological polar surface area (TPSA) is 120 Å². The molecule has 0 unspecified atom stereocenters. The summed E-state index contributed by atoms with van der Waals surface area (Å²) < 4.78 is 0. The van der Waals surface area contributed by atoms with Crippen LogP contribution in [0.2, 0.25) is 0 Å². The maximum absolute atomic E-state index is 12.1. The van der Waals surface area contributed by atoms with Gasteiger partial charge in [0.1, 0.15) is 0 Å². The number of carbonyl (C=O) groups excluding carboxylic acids is 2. The van der Waals surface area contributed by atoms with Crippen LogP contribution in [0.4, 0.5) is 11.4 Å². The van der Waals surface area contributed by atoms with Crippen LogP contribution in [-0.2, 0) is 16.1 Å². The molecule has 8 heteroatoms. The first-order valence-electron chi connectivity index (χ1n) is 10.2. The van der Waals surface area contributed by atoms with Gasteiger partial charge in [0.05, 0.1) is 11.8 Å². The largest absolute Gasteiger partial charge is 0.478 e. The summed E-state index contributed by atoms with van der Waals surface area (Å²) in [6.45, 7) is 4.11. The van der Waals surface area contributed by atoms with Gasteiger partial charge in [0.2, 0.25) is 0 Å². The standard InChI is InChI=1S/C25H24N4O4/c1-16-7-9-18(10-8-16)14-26-23(30)24(31)29-27-15-20-13-19(25(32)33)11-12-22(20)28-21-6-4-3-5-17(21)2/h3-13,15,28H,14H2,1-2H3,(H,26,30)(H,29,31)(H,32,33)/b27-15-. The second-order valence-corrected chi connectivity index (χ2v) is 7.41. The molecule has 0 spiro atoms. The number of amides is 2. The van der Waals surface area contributed by atoms with E-state index in [1.165, 1.54) is 18.3 Å². The number of nitrogens with zero attached hydrogens (tertiary/aromatic N) is 1. The van der Waals surface area contributed by atoms with Gasteiger partial charge in [-0.05, 0) is 49.2 Å². The number of anilines is 2. The Labute approximate surface area is 191 Å². The van der Waals surface area contributed by atoms with Crippen molar-refractivity contribution < 1.29 is 19.5 Å². The Kier molecular flexibility index (Phi) is 7.54. The van der Waals surface area contributed by atoms with E-state index in [1.807, 2.05) is 62.4 Å². The van der Waals surface area contributed by atoms with Gasteiger partial charge in [-0.3, -0.25) is 9.59 Å². The van der Waals surface area contributed by atoms with E-state index in [9.17, 15) is 19.5 Å². The van der Waals surface area contributed by atoms with Gasteiger partial charge in [0.25, 0.3) is 0 Å². The quantitative estimate of drug-likeness (QED) is 0.253. The fourth-order valence-corrected chi connectivity index (χ4v) is 2.95. The molecule has 0 fully saturated rings. The molecule has 0 saturated carbocycles. The third-order valence-corrected chi connectivity index (χ3v) is 4.86. The van der Waals surface area contributed by atoms with Crippen molar-refractivity contribution in [1.29, 1.82) is 0 Å². The van der Waals surface area contributed by atoms with E-state index in [-0.39, 0.29) is 12.1 Å². The number of hydrazone groups is 1. The number of hydrogen-bond donors (Lipinski definition) is 4. The molecule has 3 aromatic carbocycles. The third-order valence-electron chi connectivity index (χ3n) is 4.86. The Morgan fingerprint density at radius 2 is 1.64 bits per heavy atom. The number of aryl methyl sites for hydroxylation is 2. The molecule has 8 nitrogen and oxygen atoms in total. The lowest BCUT2D eigenvalue weighted by molar-refractivity contribution is -0.139. The number of hydrogen-bond acceptors (Lipinski definition) is 5. The van der Waals surface area contributed by atoms with Crippen molar-refractivity contribution in [3.05, 3.63) is 94.5 Å². The van der Waals surface area contributed by atoms with Crippen LogP contribution in [0, 0.1) is 13.8 Å². The molecule has 0 atom stereocenters. The lowest BCUT2D eigenvalue weighted by atomic mass is 10.1. The summed E-state index contributed by atoms with van der Waals surface area (Å²) in [5.74, 6) is -2.85. The van der Waals surface area contributed by atoms with E-state index in [2.05, 4.69) is 21.2 Å². The number of carboxylic acids is 1. The van der Waals surface area contributed by atoms with Gasteiger partial charge in [-0.1, -0.05) is 48.0 Å². The van der Waals surface area contributed by atoms with Crippen LogP contribution in [0.15, 0.2) is 71.8 Å². The van der Waals surface area contributed by atoms with Crippen LogP contribution in [0.25, 0.3) is 0 Å². The molecule has 2 amide bonds. The van der Waals surface area contributed by atoms with Gasteiger partial charge in [0, 0.05) is 23.5 Å². The van der Waals surface area contributed by atoms with E-state index in [1.54, 1.807) is 6.07 Å². The summed E-state index contributed by atoms with van der Waals surface area (Å²) in [6.07, 6.45) is 1.29. The van der Waals surface area contributed by atoms with Crippen molar-refractivity contribution in [1.82, 2.24) is 10.7 Å². The number of carbonyl (C=O) groups is 3. The normalized spacial score (nSPS) is 10.6. The van der Waals surface area contributed by atoms with Crippen LogP contribution in [0.3, 0.4) is 0 Å². The fraction of sp³-hybridized carbons (Fsp3) is 0.120. The molecule has 0 heterocycles. The molecule has 3 aromatic rings. The first-order valence-corrected chi connectivity index (χ1v) is 10.2. The Morgan fingerprint density at radius 1 is 0.909 bits per heavy atom. The minimum Gasteiger partial charge on any atom is -0.478 e. The summed E-state index contributed by atoms with van der Waals surface area (Å²) in [5.41, 5.74) is 7.06. The van der Waals surface area contributed by atoms with Crippen LogP contribution >= 0.6 is 0 Å². The number of para-hydroxylation sites is 1. The van der Waals surface area contributed by atoms with Crippen molar-refractivity contribution in [2.24, 2.45) is 5.10 Å². The molecule has 4 N–H and O–H groups in total. The predicted octanol–water partition coefficient (Wildman–Crippen LogP) is 3.51. The Hall–Kier alpha value is -4.46. The Morgan fingerprint density at radius 3 is 2.33 bits per heavy atom. The summed E-state index contributed by atoms with van der Waals surface area (Å²) in [6, 6.07) is 19.7. The SMILES string of the molecule is Cc1ccc(CNC(=O)C(=O)N/N=C\c2cc(C(=O)O)ccc2Nc2ccccc2C)cc1. The van der Waals surface area contributed by atoms with Crippen LogP contribution in [0.1, 0.15) is 32.6 Å². The average molecular weight is 444 g/mol. The summed E-state index contributed by atoms with van der Waals surface area (Å²) >= 11 is 0. The molecule has 0 aromatic heterocycles. The molecular weight excluding hydrogens is 420 g/mol. The van der Waals surface area contributed by atoms with Crippen molar-refractivity contribution in [3.8, 4) is 0 Å². The lowest BCUT2D eigenvalue weighted by Gasteiger charge is -2.12. The molecule has 168 valence electrons. The van der Waals surface area contributed by atoms with Crippen molar-refractivity contribution in [2.45, 2.75) is 20.4 Å². The molecule has 0 saturated heterocycles. The van der Waals surface area contributed by atoms with E-state index in [4.69, 9.17) is 0 Å². The number of aromatic carboxylic acids is 1. The average Bonchev–Trinajstić information content (AvgIpc) is 2.80. The van der Waals surface area contributed by atoms with Gasteiger partial charge in [-0.25, -0.2) is 10.2 Å². The van der Waals surface area contributed by atoms with Gasteiger partial charge in [-0.15, -0.1) is 0 Å². The molecule has 0 aliphatic carbocycles. The zero-order chi connectivity index (χ0) is 23.8. The maximum atomic E-state index is 12.1. The lowest BCUT2D eigenvalue weighted by Crippen LogP contribution is -2.37. The zero-order valence-corrected chi connectivity index (χ0v) is 18.3. The molecule has 0 aliphatic rings. The number of benzene rings is 3. The highest BCUT2D eigenvalue weighted by atomic mass is 16.4. The van der Waals surface area contributed by atoms with Crippen molar-refractivity contribution in [2.75, 3.05) is 5.32 Å². The van der Waals surface area contributed by atoms with Gasteiger partial charge < -0.3 is 15.7 Å². The molecule has 0 aliphatic heterocycles. The molecule has 0 radical (unpaired) electrons. The van der Waals surface area contributed by atoms with Crippen LogP contribution in [0.5, 0.6) is 0 Å². The maximum Gasteiger partial charge on any atom is 0.335 e. The van der Waals surface area contributed by atoms with E-state index in [0.29, 0.717) is 11.3 Å². The number of nitrogens with one attached hydrogen (secondary N) is 3. The van der Waals surface area contributed by atoms with Gasteiger partial charge in [-0.2, -0.15) is 5.10 Å². The van der Waals surface area contributed by atoms with Crippen LogP contribution < -0.4 is 16.1 Å². The van der Waals surface area contributed by atoms with E-state index in [0.717, 1.165) is 22.4 Å². The highest BCUT2D eigenvalue weighted by molar-refractivity contribution is 6.35. The van der Waals surface area contributed by atoms with Crippen LogP contribution in [-0.4, -0.2) is 29.1 Å². The predicted molar refractivity (Wildman–Crippen MR) is 127 cm³/mol. The number of carboxylic acid groups (broad SMARTS) is 1. The first-order chi connectivity index (χ1) is 15.8. The van der Waals surface area contributed by atoms with Crippen molar-refractivity contribution in [3.63, 3.8) is 0 Å². The number of rotatable bonds is 7. The van der Waals surface area contributed by atoms with Crippen molar-refractivity contribution >= 4 is 35.4 Å². The Balaban J connectivity index is 1.68. The second kappa shape index (κ2) is 10.7. The third kappa shape index (κ3) is 6.51. The highest BCUT2D eigenvalue weighted by Gasteiger charge is 2.13. The molecule has 0 bridgehead atoms. The fourth-order valence-electron chi connectivity index (χ4n) is 2.95. The summed E-state index contributed by atoms with van der Waals surface area (Å²) in [5, 5.41) is 18.9. The first kappa shape index (κ1) is 23.2. The van der Waals surface area contributed by atoms with Gasteiger partial charge in [0.15, 0.2) is 0 Å².